The van der Waals surface area contributed by atoms with Crippen LogP contribution < -0.4 is 5.32 Å². The van der Waals surface area contributed by atoms with Crippen molar-refractivity contribution in [2.75, 3.05) is 5.32 Å². The summed E-state index contributed by atoms with van der Waals surface area (Å²) >= 11 is 6.10. The number of anilines is 1. The molecule has 6 heteroatoms. The fourth-order valence-corrected chi connectivity index (χ4v) is 5.14. The van der Waals surface area contributed by atoms with Gasteiger partial charge in [0.25, 0.3) is 0 Å². The highest BCUT2D eigenvalue weighted by atomic mass is 35.5. The van der Waals surface area contributed by atoms with Crippen LogP contribution in [0.2, 0.25) is 5.15 Å². The number of hydrogen-bond acceptors (Lipinski definition) is 3. The van der Waals surface area contributed by atoms with Crippen LogP contribution in [0.1, 0.15) is 45.6 Å². The summed E-state index contributed by atoms with van der Waals surface area (Å²) in [6, 6.07) is 4.28. The first kappa shape index (κ1) is 17.7. The van der Waals surface area contributed by atoms with Gasteiger partial charge in [0.2, 0.25) is 0 Å². The zero-order chi connectivity index (χ0) is 18.9. The Hall–Kier alpha value is -1.72. The van der Waals surface area contributed by atoms with Crippen molar-refractivity contribution in [2.24, 2.45) is 0 Å². The summed E-state index contributed by atoms with van der Waals surface area (Å²) in [6.07, 6.45) is 3.34. The first-order chi connectivity index (χ1) is 12.1. The minimum absolute atomic E-state index is 0.0428. The van der Waals surface area contributed by atoms with Gasteiger partial charge in [0, 0.05) is 22.2 Å². The van der Waals surface area contributed by atoms with Crippen molar-refractivity contribution < 1.29 is 13.9 Å². The minimum Gasteiger partial charge on any atom is -0.387 e. The zero-order valence-electron chi connectivity index (χ0n) is 15.0. The summed E-state index contributed by atoms with van der Waals surface area (Å²) < 4.78 is 28.5. The molecular formula is C20H21ClF2N2O. The second kappa shape index (κ2) is 5.40. The fraction of sp³-hybridized carbons (Fsp3) is 0.450. The molecule has 4 rings (SSSR count). The standard InChI is InChI=1S/C20H21ClF2N2O/c1-18(2)20(26)6-4-5-19(20,3)14-8-12(15(23)9-16(14)25-18)13-7-11(22)10-24-17(13)21/h7-10,25-26H,4-6H2,1-3H3. The number of nitrogens with zero attached hydrogens (tertiary/aromatic N) is 1. The molecule has 1 aliphatic carbocycles. The average molecular weight is 379 g/mol. The van der Waals surface area contributed by atoms with Crippen molar-refractivity contribution >= 4 is 17.3 Å². The number of benzene rings is 1. The molecule has 138 valence electrons. The SMILES string of the molecule is CC1(C)Nc2cc(F)c(-c3cc(F)cnc3Cl)cc2C2(C)CCCC12O. The lowest BCUT2D eigenvalue weighted by atomic mass is 9.60. The molecule has 2 heterocycles. The molecule has 0 amide bonds. The largest absolute Gasteiger partial charge is 0.387 e. The van der Waals surface area contributed by atoms with Gasteiger partial charge in [-0.3, -0.25) is 0 Å². The molecule has 0 radical (unpaired) electrons. The highest BCUT2D eigenvalue weighted by Gasteiger charge is 2.62. The maximum atomic E-state index is 14.9. The van der Waals surface area contributed by atoms with Crippen molar-refractivity contribution in [1.82, 2.24) is 4.98 Å². The molecule has 2 aromatic rings. The third-order valence-corrected chi connectivity index (χ3v) is 6.71. The van der Waals surface area contributed by atoms with Crippen LogP contribution in [0.3, 0.4) is 0 Å². The molecule has 26 heavy (non-hydrogen) atoms. The maximum Gasteiger partial charge on any atom is 0.142 e. The Kier molecular flexibility index (Phi) is 3.67. The maximum absolute atomic E-state index is 14.9. The van der Waals surface area contributed by atoms with E-state index < -0.39 is 28.2 Å². The average Bonchev–Trinajstić information content (AvgIpc) is 2.87. The van der Waals surface area contributed by atoms with Gasteiger partial charge in [0.05, 0.1) is 17.3 Å². The van der Waals surface area contributed by atoms with Gasteiger partial charge in [0.1, 0.15) is 16.8 Å². The number of halogens is 3. The van der Waals surface area contributed by atoms with Gasteiger partial charge in [-0.25, -0.2) is 13.8 Å². The summed E-state index contributed by atoms with van der Waals surface area (Å²) in [6.45, 7) is 5.91. The van der Waals surface area contributed by atoms with E-state index in [1.165, 1.54) is 12.1 Å². The number of nitrogens with one attached hydrogen (secondary N) is 1. The van der Waals surface area contributed by atoms with Crippen LogP contribution in [0.25, 0.3) is 11.1 Å². The molecule has 2 unspecified atom stereocenters. The van der Waals surface area contributed by atoms with Crippen LogP contribution >= 0.6 is 11.6 Å². The molecule has 2 aliphatic rings. The molecule has 1 aliphatic heterocycles. The zero-order valence-corrected chi connectivity index (χ0v) is 15.7. The summed E-state index contributed by atoms with van der Waals surface area (Å²) in [7, 11) is 0. The second-order valence-corrected chi connectivity index (χ2v) is 8.52. The number of hydrogen-bond donors (Lipinski definition) is 2. The van der Waals surface area contributed by atoms with E-state index in [-0.39, 0.29) is 16.3 Å². The number of fused-ring (bicyclic) bond motifs is 3. The summed E-state index contributed by atoms with van der Waals surface area (Å²) in [5, 5.41) is 14.9. The minimum atomic E-state index is -0.966. The second-order valence-electron chi connectivity index (χ2n) is 8.17. The van der Waals surface area contributed by atoms with Crippen LogP contribution in [0, 0.1) is 11.6 Å². The predicted octanol–water partition coefficient (Wildman–Crippen LogP) is 5.06. The molecule has 1 saturated carbocycles. The predicted molar refractivity (Wildman–Crippen MR) is 98.5 cm³/mol. The van der Waals surface area contributed by atoms with Crippen molar-refractivity contribution in [1.29, 1.82) is 0 Å². The van der Waals surface area contributed by atoms with Crippen LogP contribution in [0.4, 0.5) is 14.5 Å². The van der Waals surface area contributed by atoms with Crippen molar-refractivity contribution in [3.8, 4) is 11.1 Å². The lowest BCUT2D eigenvalue weighted by Crippen LogP contribution is -2.65. The number of aliphatic hydroxyl groups is 1. The van der Waals surface area contributed by atoms with Gasteiger partial charge in [-0.15, -0.1) is 0 Å². The van der Waals surface area contributed by atoms with E-state index in [1.807, 2.05) is 20.8 Å². The quantitative estimate of drug-likeness (QED) is 0.682. The monoisotopic (exact) mass is 378 g/mol. The van der Waals surface area contributed by atoms with Gasteiger partial charge in [-0.05, 0) is 56.9 Å². The normalized spacial score (nSPS) is 29.0. The Morgan fingerprint density at radius 3 is 2.58 bits per heavy atom. The van der Waals surface area contributed by atoms with Gasteiger partial charge in [-0.1, -0.05) is 18.5 Å². The Morgan fingerprint density at radius 1 is 1.12 bits per heavy atom. The molecule has 0 spiro atoms. The van der Waals surface area contributed by atoms with E-state index in [1.54, 1.807) is 6.07 Å². The van der Waals surface area contributed by atoms with Crippen LogP contribution in [-0.4, -0.2) is 21.2 Å². The van der Waals surface area contributed by atoms with E-state index in [9.17, 15) is 13.9 Å². The molecule has 1 aromatic heterocycles. The van der Waals surface area contributed by atoms with E-state index in [0.29, 0.717) is 12.1 Å². The van der Waals surface area contributed by atoms with Crippen molar-refractivity contribution in [3.63, 3.8) is 0 Å². The number of aromatic nitrogens is 1. The first-order valence-electron chi connectivity index (χ1n) is 8.75. The van der Waals surface area contributed by atoms with Gasteiger partial charge in [0.15, 0.2) is 0 Å². The molecule has 2 atom stereocenters. The van der Waals surface area contributed by atoms with Gasteiger partial charge in [-0.2, -0.15) is 0 Å². The molecule has 3 nitrogen and oxygen atoms in total. The Balaban J connectivity index is 1.97. The third-order valence-electron chi connectivity index (χ3n) is 6.41. The Bertz CT molecular complexity index is 917. The fourth-order valence-electron chi connectivity index (χ4n) is 4.93. The van der Waals surface area contributed by atoms with E-state index in [2.05, 4.69) is 10.3 Å². The molecule has 0 bridgehead atoms. The molecule has 1 aromatic carbocycles. The number of rotatable bonds is 1. The van der Waals surface area contributed by atoms with Crippen molar-refractivity contribution in [2.45, 2.75) is 56.6 Å². The molecule has 0 saturated heterocycles. The summed E-state index contributed by atoms with van der Waals surface area (Å²) in [5.41, 5.74) is -0.213. The summed E-state index contributed by atoms with van der Waals surface area (Å²) in [4.78, 5) is 3.79. The topological polar surface area (TPSA) is 45.2 Å². The Morgan fingerprint density at radius 2 is 1.85 bits per heavy atom. The number of pyridine rings is 1. The van der Waals surface area contributed by atoms with Gasteiger partial charge < -0.3 is 10.4 Å². The smallest absolute Gasteiger partial charge is 0.142 e. The third kappa shape index (κ3) is 2.16. The molecule has 1 fully saturated rings. The van der Waals surface area contributed by atoms with Crippen molar-refractivity contribution in [3.05, 3.63) is 46.7 Å². The summed E-state index contributed by atoms with van der Waals surface area (Å²) in [5.74, 6) is -1.09. The highest BCUT2D eigenvalue weighted by Crippen LogP contribution is 2.59. The lowest BCUT2D eigenvalue weighted by Gasteiger charge is -2.55. The Labute approximate surface area is 156 Å². The highest BCUT2D eigenvalue weighted by molar-refractivity contribution is 6.32. The van der Waals surface area contributed by atoms with Gasteiger partial charge >= 0.3 is 0 Å². The first-order valence-corrected chi connectivity index (χ1v) is 9.13. The van der Waals surface area contributed by atoms with Crippen LogP contribution in [0.15, 0.2) is 24.4 Å². The van der Waals surface area contributed by atoms with E-state index in [0.717, 1.165) is 24.6 Å². The van der Waals surface area contributed by atoms with Crippen LogP contribution in [0.5, 0.6) is 0 Å². The van der Waals surface area contributed by atoms with Crippen LogP contribution in [-0.2, 0) is 5.41 Å². The molecular weight excluding hydrogens is 358 g/mol. The lowest BCUT2D eigenvalue weighted by molar-refractivity contribution is -0.0628. The van der Waals surface area contributed by atoms with E-state index >= 15 is 0 Å². The molecule has 2 N–H and O–H groups in total. The van der Waals surface area contributed by atoms with E-state index in [4.69, 9.17) is 11.6 Å².